The molecule has 4 heteroatoms. The van der Waals surface area contributed by atoms with E-state index in [-0.39, 0.29) is 0 Å². The van der Waals surface area contributed by atoms with E-state index in [2.05, 4.69) is 0 Å². The zero-order valence-corrected chi connectivity index (χ0v) is 7.32. The lowest BCUT2D eigenvalue weighted by Crippen LogP contribution is -2.03. The molecule has 1 nitrogen and oxygen atoms in total. The second-order valence-corrected chi connectivity index (χ2v) is 3.36. The topological polar surface area (TPSA) is 9.23 Å². The van der Waals surface area contributed by atoms with Gasteiger partial charge >= 0.3 is 0 Å². The highest BCUT2D eigenvalue weighted by atomic mass is 19.2. The Balaban J connectivity index is 2.13. The minimum absolute atomic E-state index is 0.302. The van der Waals surface area contributed by atoms with E-state index in [0.717, 1.165) is 12.8 Å². The first-order valence-electron chi connectivity index (χ1n) is 4.36. The summed E-state index contributed by atoms with van der Waals surface area (Å²) >= 11 is 0. The molecule has 1 aromatic carbocycles. The summed E-state index contributed by atoms with van der Waals surface area (Å²) in [6.07, 6.45) is 2.05. The van der Waals surface area contributed by atoms with Crippen molar-refractivity contribution < 1.29 is 17.9 Å². The number of hydrogen-bond donors (Lipinski definition) is 0. The lowest BCUT2D eigenvalue weighted by molar-refractivity contribution is 0.277. The molecule has 75 valence electrons. The van der Waals surface area contributed by atoms with Gasteiger partial charge in [-0.2, -0.15) is 4.39 Å². The number of halogens is 3. The van der Waals surface area contributed by atoms with Gasteiger partial charge in [0, 0.05) is 6.07 Å². The summed E-state index contributed by atoms with van der Waals surface area (Å²) in [6, 6.07) is 2.44. The van der Waals surface area contributed by atoms with Crippen LogP contribution in [0.3, 0.4) is 0 Å². The average Bonchev–Trinajstić information content (AvgIpc) is 2.92. The van der Waals surface area contributed by atoms with Gasteiger partial charge in [-0.15, -0.1) is 0 Å². The van der Waals surface area contributed by atoms with Crippen LogP contribution in [0.2, 0.25) is 0 Å². The van der Waals surface area contributed by atoms with E-state index >= 15 is 0 Å². The molecule has 0 atom stereocenters. The minimum Gasteiger partial charge on any atom is -0.489 e. The summed E-state index contributed by atoms with van der Waals surface area (Å²) in [5.74, 6) is -3.43. The Hall–Kier alpha value is -1.19. The van der Waals surface area contributed by atoms with Crippen LogP contribution in [0.15, 0.2) is 6.07 Å². The summed E-state index contributed by atoms with van der Waals surface area (Å²) in [5.41, 5.74) is 0. The van der Waals surface area contributed by atoms with Crippen molar-refractivity contribution in [2.75, 3.05) is 6.61 Å². The number of rotatable bonds is 3. The number of ether oxygens (including phenoxy) is 1. The standard InChI is InChI=1S/C10H8F3O/c11-7-3-8(12)10(13)9(4-7)14-5-6-1-2-6/h3,6H,1-2,5H2. The first kappa shape index (κ1) is 9.37. The molecule has 0 unspecified atom stereocenters. The van der Waals surface area contributed by atoms with Crippen molar-refractivity contribution in [3.05, 3.63) is 29.6 Å². The molecular weight excluding hydrogens is 193 g/mol. The molecule has 14 heavy (non-hydrogen) atoms. The molecule has 1 radical (unpaired) electrons. The summed E-state index contributed by atoms with van der Waals surface area (Å²) in [7, 11) is 0. The monoisotopic (exact) mass is 201 g/mol. The molecule has 1 aliphatic rings. The second-order valence-electron chi connectivity index (χ2n) is 3.36. The molecule has 0 N–H and O–H groups in total. The molecule has 1 fully saturated rings. The first-order valence-corrected chi connectivity index (χ1v) is 4.36. The van der Waals surface area contributed by atoms with Crippen LogP contribution in [0.4, 0.5) is 13.2 Å². The van der Waals surface area contributed by atoms with Crippen LogP contribution in [0.1, 0.15) is 12.8 Å². The molecule has 1 aliphatic carbocycles. The van der Waals surface area contributed by atoms with E-state index in [9.17, 15) is 13.2 Å². The highest BCUT2D eigenvalue weighted by Crippen LogP contribution is 2.30. The van der Waals surface area contributed by atoms with E-state index in [4.69, 9.17) is 4.74 Å². The van der Waals surface area contributed by atoms with Crippen molar-refractivity contribution >= 4 is 0 Å². The Morgan fingerprint density at radius 1 is 1.36 bits per heavy atom. The third-order valence-corrected chi connectivity index (χ3v) is 2.06. The Kier molecular flexibility index (Phi) is 2.35. The van der Waals surface area contributed by atoms with Crippen molar-refractivity contribution in [3.63, 3.8) is 0 Å². The fourth-order valence-corrected chi connectivity index (χ4v) is 1.07. The lowest BCUT2D eigenvalue weighted by atomic mass is 10.3. The fourth-order valence-electron chi connectivity index (χ4n) is 1.07. The maximum absolute atomic E-state index is 13.0. The van der Waals surface area contributed by atoms with Gasteiger partial charge in [0.25, 0.3) is 0 Å². The SMILES string of the molecule is Fc1[c]c(OCC2CC2)c(F)c(F)c1. The average molecular weight is 201 g/mol. The lowest BCUT2D eigenvalue weighted by Gasteiger charge is -2.06. The molecule has 0 bridgehead atoms. The Labute approximate surface area is 79.5 Å². The van der Waals surface area contributed by atoms with Crippen LogP contribution in [-0.4, -0.2) is 6.61 Å². The maximum Gasteiger partial charge on any atom is 0.201 e. The molecule has 0 aliphatic heterocycles. The predicted molar refractivity (Wildman–Crippen MR) is 43.4 cm³/mol. The van der Waals surface area contributed by atoms with Crippen molar-refractivity contribution in [1.29, 1.82) is 0 Å². The van der Waals surface area contributed by atoms with Gasteiger partial charge in [-0.25, -0.2) is 8.78 Å². The van der Waals surface area contributed by atoms with Gasteiger partial charge in [-0.05, 0) is 18.8 Å². The highest BCUT2D eigenvalue weighted by molar-refractivity contribution is 5.24. The van der Waals surface area contributed by atoms with Gasteiger partial charge in [-0.3, -0.25) is 0 Å². The minimum atomic E-state index is -1.24. The van der Waals surface area contributed by atoms with Crippen LogP contribution < -0.4 is 4.74 Å². The first-order chi connectivity index (χ1) is 6.66. The summed E-state index contributed by atoms with van der Waals surface area (Å²) in [4.78, 5) is 0. The van der Waals surface area contributed by atoms with Gasteiger partial charge in [0.2, 0.25) is 5.82 Å². The summed E-state index contributed by atoms with van der Waals surface area (Å²) < 4.78 is 43.1. The number of benzene rings is 1. The van der Waals surface area contributed by atoms with Crippen LogP contribution in [0.5, 0.6) is 5.75 Å². The van der Waals surface area contributed by atoms with Crippen molar-refractivity contribution in [2.24, 2.45) is 5.92 Å². The molecule has 1 saturated carbocycles. The van der Waals surface area contributed by atoms with Gasteiger partial charge in [0.1, 0.15) is 5.82 Å². The Morgan fingerprint density at radius 2 is 2.07 bits per heavy atom. The second kappa shape index (κ2) is 3.52. The quantitative estimate of drug-likeness (QED) is 0.683. The van der Waals surface area contributed by atoms with E-state index in [1.54, 1.807) is 0 Å². The van der Waals surface area contributed by atoms with Gasteiger partial charge in [0.15, 0.2) is 11.6 Å². The zero-order chi connectivity index (χ0) is 10.1. The van der Waals surface area contributed by atoms with Crippen molar-refractivity contribution in [1.82, 2.24) is 0 Å². The van der Waals surface area contributed by atoms with Crippen LogP contribution in [0, 0.1) is 29.4 Å². The van der Waals surface area contributed by atoms with E-state index in [0.29, 0.717) is 18.6 Å². The molecule has 1 aromatic rings. The third-order valence-electron chi connectivity index (χ3n) is 2.06. The smallest absolute Gasteiger partial charge is 0.201 e. The van der Waals surface area contributed by atoms with E-state index in [1.807, 2.05) is 6.07 Å². The predicted octanol–water partition coefficient (Wildman–Crippen LogP) is 2.69. The summed E-state index contributed by atoms with van der Waals surface area (Å²) in [5, 5.41) is 0. The molecular formula is C10H8F3O. The van der Waals surface area contributed by atoms with Gasteiger partial charge < -0.3 is 4.74 Å². The molecule has 2 rings (SSSR count). The molecule has 0 saturated heterocycles. The van der Waals surface area contributed by atoms with Crippen LogP contribution in [0.25, 0.3) is 0 Å². The largest absolute Gasteiger partial charge is 0.489 e. The van der Waals surface area contributed by atoms with E-state index in [1.165, 1.54) is 0 Å². The Morgan fingerprint density at radius 3 is 2.71 bits per heavy atom. The van der Waals surface area contributed by atoms with Crippen LogP contribution >= 0.6 is 0 Å². The fraction of sp³-hybridized carbons (Fsp3) is 0.400. The van der Waals surface area contributed by atoms with Crippen LogP contribution in [-0.2, 0) is 0 Å². The number of hydrogen-bond acceptors (Lipinski definition) is 1. The maximum atomic E-state index is 13.0. The van der Waals surface area contributed by atoms with Gasteiger partial charge in [0.05, 0.1) is 12.7 Å². The summed E-state index contributed by atoms with van der Waals surface area (Å²) in [6.45, 7) is 0.302. The third kappa shape index (κ3) is 2.00. The zero-order valence-electron chi connectivity index (χ0n) is 7.32. The van der Waals surface area contributed by atoms with Gasteiger partial charge in [-0.1, -0.05) is 0 Å². The molecule has 0 aromatic heterocycles. The molecule has 0 amide bonds. The highest BCUT2D eigenvalue weighted by Gasteiger charge is 2.23. The Bertz CT molecular complexity index is 347. The van der Waals surface area contributed by atoms with Crippen molar-refractivity contribution in [3.8, 4) is 5.75 Å². The molecule has 0 spiro atoms. The normalized spacial score (nSPS) is 15.6. The molecule has 0 heterocycles. The van der Waals surface area contributed by atoms with E-state index < -0.39 is 23.2 Å². The van der Waals surface area contributed by atoms with Crippen molar-refractivity contribution in [2.45, 2.75) is 12.8 Å².